The molecule has 27 heavy (non-hydrogen) atoms. The van der Waals surface area contributed by atoms with Gasteiger partial charge in [0, 0.05) is 0 Å². The number of benzene rings is 1. The van der Waals surface area contributed by atoms with Crippen LogP contribution in [-0.2, 0) is 0 Å². The van der Waals surface area contributed by atoms with Crippen molar-refractivity contribution in [1.82, 2.24) is 10.2 Å². The molecule has 0 aliphatic carbocycles. The zero-order valence-corrected chi connectivity index (χ0v) is 15.5. The van der Waals surface area contributed by atoms with E-state index in [4.69, 9.17) is 15.2 Å². The minimum Gasteiger partial charge on any atom is -0.494 e. The summed E-state index contributed by atoms with van der Waals surface area (Å²) in [5, 5.41) is 19.0. The fourth-order valence-corrected chi connectivity index (χ4v) is 3.90. The van der Waals surface area contributed by atoms with Crippen molar-refractivity contribution in [3.63, 3.8) is 0 Å². The second kappa shape index (κ2) is 7.17. The van der Waals surface area contributed by atoms with E-state index < -0.39 is 0 Å². The number of thiophene rings is 1. The average Bonchev–Trinajstić information content (AvgIpc) is 3.35. The van der Waals surface area contributed by atoms with Crippen LogP contribution in [0.2, 0.25) is 0 Å². The lowest BCUT2D eigenvalue weighted by Crippen LogP contribution is -2.20. The topological polar surface area (TPSA) is 96.9 Å². The highest BCUT2D eigenvalue weighted by molar-refractivity contribution is 7.13. The molecule has 0 amide bonds. The van der Waals surface area contributed by atoms with Crippen LogP contribution in [-0.4, -0.2) is 16.8 Å². The molecule has 3 N–H and O–H groups in total. The number of nitriles is 1. The van der Waals surface area contributed by atoms with Crippen LogP contribution >= 0.6 is 11.3 Å². The van der Waals surface area contributed by atoms with Gasteiger partial charge in [0.05, 0.1) is 28.7 Å². The lowest BCUT2D eigenvalue weighted by atomic mass is 9.84. The molecule has 0 fully saturated rings. The van der Waals surface area contributed by atoms with Gasteiger partial charge in [-0.2, -0.15) is 5.26 Å². The first kappa shape index (κ1) is 17.2. The van der Waals surface area contributed by atoms with Gasteiger partial charge in [0.25, 0.3) is 0 Å². The molecule has 6 nitrogen and oxygen atoms in total. The zero-order valence-electron chi connectivity index (χ0n) is 14.7. The lowest BCUT2D eigenvalue weighted by molar-refractivity contribution is 0.317. The van der Waals surface area contributed by atoms with Gasteiger partial charge in [-0.15, -0.1) is 16.4 Å². The van der Waals surface area contributed by atoms with Crippen LogP contribution < -0.4 is 15.2 Å². The van der Waals surface area contributed by atoms with Crippen LogP contribution in [0.4, 0.5) is 0 Å². The third-order valence-corrected chi connectivity index (χ3v) is 5.28. The minimum atomic E-state index is -0.352. The summed E-state index contributed by atoms with van der Waals surface area (Å²) in [6.07, 6.45) is 0.947. The van der Waals surface area contributed by atoms with Gasteiger partial charge in [0.15, 0.2) is 0 Å². The molecule has 1 unspecified atom stereocenters. The first-order valence-corrected chi connectivity index (χ1v) is 9.53. The molecule has 0 spiro atoms. The Hall–Kier alpha value is -3.24. The number of nitrogens with two attached hydrogens (primary N) is 1. The molecule has 2 aromatic heterocycles. The Morgan fingerprint density at radius 3 is 2.81 bits per heavy atom. The van der Waals surface area contributed by atoms with E-state index in [2.05, 4.69) is 23.2 Å². The van der Waals surface area contributed by atoms with Crippen molar-refractivity contribution >= 4 is 11.3 Å². The van der Waals surface area contributed by atoms with Crippen LogP contribution in [0.1, 0.15) is 30.4 Å². The molecule has 0 radical (unpaired) electrons. The standard InChI is InChI=1S/C20H18N4O2S/c1-2-9-25-13-7-5-12(6-8-13)16-14(11-21)19(22)26-20-17(16)18(23-24-20)15-4-3-10-27-15/h3-8,10,16H,2,9,22H2,1H3,(H,23,24). The van der Waals surface area contributed by atoms with Gasteiger partial charge in [0.2, 0.25) is 11.8 Å². The number of ether oxygens (including phenoxy) is 2. The number of rotatable bonds is 5. The molecule has 1 aliphatic rings. The van der Waals surface area contributed by atoms with Crippen molar-refractivity contribution in [3.8, 4) is 28.3 Å². The molecule has 0 saturated carbocycles. The molecule has 1 aliphatic heterocycles. The monoisotopic (exact) mass is 378 g/mol. The van der Waals surface area contributed by atoms with Crippen LogP contribution in [0.15, 0.2) is 53.2 Å². The van der Waals surface area contributed by atoms with E-state index in [0.717, 1.165) is 33.9 Å². The molecule has 3 heterocycles. The van der Waals surface area contributed by atoms with Crippen LogP contribution in [0.25, 0.3) is 10.6 Å². The number of nitrogens with one attached hydrogen (secondary N) is 1. The molecule has 1 atom stereocenters. The molecule has 1 aromatic carbocycles. The Bertz CT molecular complexity index is 1010. The molecule has 7 heteroatoms. The largest absolute Gasteiger partial charge is 0.494 e. The van der Waals surface area contributed by atoms with Gasteiger partial charge in [-0.25, -0.2) is 0 Å². The minimum absolute atomic E-state index is 0.0885. The van der Waals surface area contributed by atoms with Gasteiger partial charge in [-0.05, 0) is 35.6 Å². The number of aromatic amines is 1. The Morgan fingerprint density at radius 2 is 2.15 bits per heavy atom. The Balaban J connectivity index is 1.81. The zero-order chi connectivity index (χ0) is 18.8. The van der Waals surface area contributed by atoms with Gasteiger partial charge in [0.1, 0.15) is 17.4 Å². The van der Waals surface area contributed by atoms with Crippen LogP contribution in [0.5, 0.6) is 11.6 Å². The van der Waals surface area contributed by atoms with E-state index in [0.29, 0.717) is 18.1 Å². The predicted molar refractivity (Wildman–Crippen MR) is 103 cm³/mol. The van der Waals surface area contributed by atoms with Crippen LogP contribution in [0, 0.1) is 11.3 Å². The highest BCUT2D eigenvalue weighted by atomic mass is 32.1. The fourth-order valence-electron chi connectivity index (χ4n) is 3.16. The second-order valence-electron chi connectivity index (χ2n) is 6.14. The number of aromatic nitrogens is 2. The summed E-state index contributed by atoms with van der Waals surface area (Å²) in [4.78, 5) is 1.03. The van der Waals surface area contributed by atoms with Gasteiger partial charge >= 0.3 is 0 Å². The summed E-state index contributed by atoms with van der Waals surface area (Å²) in [7, 11) is 0. The summed E-state index contributed by atoms with van der Waals surface area (Å²) in [6.45, 7) is 2.73. The summed E-state index contributed by atoms with van der Waals surface area (Å²) in [5.74, 6) is 0.945. The van der Waals surface area contributed by atoms with E-state index in [1.807, 2.05) is 41.8 Å². The summed E-state index contributed by atoms with van der Waals surface area (Å²) in [5.41, 5.74) is 8.99. The maximum absolute atomic E-state index is 9.73. The molecular weight excluding hydrogens is 360 g/mol. The summed E-state index contributed by atoms with van der Waals surface area (Å²) in [6, 6.07) is 13.9. The fraction of sp³-hybridized carbons (Fsp3) is 0.200. The molecule has 3 aromatic rings. The normalized spacial score (nSPS) is 15.8. The van der Waals surface area contributed by atoms with E-state index >= 15 is 0 Å². The number of fused-ring (bicyclic) bond motifs is 1. The van der Waals surface area contributed by atoms with E-state index in [1.54, 1.807) is 11.3 Å². The molecule has 136 valence electrons. The first-order valence-electron chi connectivity index (χ1n) is 8.65. The van der Waals surface area contributed by atoms with Crippen molar-refractivity contribution in [2.75, 3.05) is 6.61 Å². The summed E-state index contributed by atoms with van der Waals surface area (Å²) >= 11 is 1.59. The third kappa shape index (κ3) is 3.04. The van der Waals surface area contributed by atoms with Gasteiger partial charge in [-0.3, -0.25) is 5.10 Å². The maximum Gasteiger partial charge on any atom is 0.244 e. The third-order valence-electron chi connectivity index (χ3n) is 4.39. The van der Waals surface area contributed by atoms with Gasteiger partial charge < -0.3 is 15.2 Å². The number of H-pyrrole nitrogens is 1. The summed E-state index contributed by atoms with van der Waals surface area (Å²) < 4.78 is 11.3. The number of nitrogens with zero attached hydrogens (tertiary/aromatic N) is 2. The van der Waals surface area contributed by atoms with E-state index in [1.165, 1.54) is 0 Å². The molecule has 0 saturated heterocycles. The Morgan fingerprint density at radius 1 is 1.33 bits per heavy atom. The lowest BCUT2D eigenvalue weighted by Gasteiger charge is -2.24. The van der Waals surface area contributed by atoms with Gasteiger partial charge in [-0.1, -0.05) is 25.1 Å². The number of allylic oxidation sites excluding steroid dienone is 1. The Kier molecular flexibility index (Phi) is 4.57. The first-order chi connectivity index (χ1) is 13.2. The SMILES string of the molecule is CCCOc1ccc(C2C(C#N)=C(N)Oc3n[nH]c(-c4cccs4)c32)cc1. The molecular formula is C20H18N4O2S. The van der Waals surface area contributed by atoms with E-state index in [-0.39, 0.29) is 11.8 Å². The van der Waals surface area contributed by atoms with Crippen molar-refractivity contribution in [1.29, 1.82) is 5.26 Å². The highest BCUT2D eigenvalue weighted by Crippen LogP contribution is 2.46. The number of hydrogen-bond donors (Lipinski definition) is 2. The van der Waals surface area contributed by atoms with Crippen molar-refractivity contribution in [2.24, 2.45) is 5.73 Å². The van der Waals surface area contributed by atoms with Crippen molar-refractivity contribution < 1.29 is 9.47 Å². The number of hydrogen-bond acceptors (Lipinski definition) is 6. The predicted octanol–water partition coefficient (Wildman–Crippen LogP) is 4.15. The van der Waals surface area contributed by atoms with Crippen molar-refractivity contribution in [3.05, 3.63) is 64.4 Å². The smallest absolute Gasteiger partial charge is 0.244 e. The second-order valence-corrected chi connectivity index (χ2v) is 7.08. The maximum atomic E-state index is 9.73. The Labute approximate surface area is 160 Å². The highest BCUT2D eigenvalue weighted by Gasteiger charge is 2.35. The van der Waals surface area contributed by atoms with E-state index in [9.17, 15) is 5.26 Å². The quantitative estimate of drug-likeness (QED) is 0.695. The van der Waals surface area contributed by atoms with Crippen molar-refractivity contribution in [2.45, 2.75) is 19.3 Å². The van der Waals surface area contributed by atoms with Crippen LogP contribution in [0.3, 0.4) is 0 Å². The average molecular weight is 378 g/mol. The molecule has 0 bridgehead atoms. The molecule has 4 rings (SSSR count).